The molecule has 0 unspecified atom stereocenters. The van der Waals surface area contributed by atoms with Gasteiger partial charge in [0.1, 0.15) is 5.01 Å². The highest BCUT2D eigenvalue weighted by molar-refractivity contribution is 7.13. The van der Waals surface area contributed by atoms with Gasteiger partial charge in [-0.25, -0.2) is 4.98 Å². The fourth-order valence-corrected chi connectivity index (χ4v) is 2.92. The van der Waals surface area contributed by atoms with Crippen molar-refractivity contribution in [2.24, 2.45) is 0 Å². The quantitative estimate of drug-likeness (QED) is 0.556. The van der Waals surface area contributed by atoms with Gasteiger partial charge in [0.2, 0.25) is 11.7 Å². The Bertz CT molecular complexity index is 930. The summed E-state index contributed by atoms with van der Waals surface area (Å²) in [5.74, 6) is -1.35. The van der Waals surface area contributed by atoms with E-state index in [4.69, 9.17) is 0 Å². The summed E-state index contributed by atoms with van der Waals surface area (Å²) in [6.45, 7) is 0. The second-order valence-electron chi connectivity index (χ2n) is 5.03. The number of pyridine rings is 1. The molecule has 9 heteroatoms. The molecule has 3 rings (SSSR count). The smallest absolute Gasteiger partial charge is 0.306 e. The Morgan fingerprint density at radius 2 is 2.20 bits per heavy atom. The molecule has 0 radical (unpaired) electrons. The maximum Gasteiger partial charge on any atom is 0.306 e. The lowest BCUT2D eigenvalue weighted by Gasteiger charge is -2.04. The number of halogens is 1. The van der Waals surface area contributed by atoms with Crippen LogP contribution in [-0.4, -0.2) is 20.8 Å². The van der Waals surface area contributed by atoms with Gasteiger partial charge in [-0.15, -0.1) is 11.3 Å². The summed E-state index contributed by atoms with van der Waals surface area (Å²) < 4.78 is 13.3. The number of carbonyl (C=O) groups is 1. The minimum absolute atomic E-state index is 0.00192. The zero-order valence-electron chi connectivity index (χ0n) is 12.7. The van der Waals surface area contributed by atoms with E-state index in [0.717, 1.165) is 22.7 Å². The lowest BCUT2D eigenvalue weighted by Crippen LogP contribution is -2.14. The van der Waals surface area contributed by atoms with Crippen LogP contribution in [0.2, 0.25) is 0 Å². The van der Waals surface area contributed by atoms with Crippen LogP contribution in [0.4, 0.5) is 15.8 Å². The van der Waals surface area contributed by atoms with Crippen LogP contribution in [0.15, 0.2) is 48.1 Å². The van der Waals surface area contributed by atoms with E-state index in [2.05, 4.69) is 15.3 Å². The Morgan fingerprint density at radius 3 is 2.92 bits per heavy atom. The van der Waals surface area contributed by atoms with E-state index in [1.807, 2.05) is 6.07 Å². The van der Waals surface area contributed by atoms with Gasteiger partial charge in [0.05, 0.1) is 17.0 Å². The lowest BCUT2D eigenvalue weighted by atomic mass is 10.2. The minimum atomic E-state index is -0.955. The van der Waals surface area contributed by atoms with Crippen molar-refractivity contribution in [3.05, 3.63) is 69.7 Å². The number of rotatable bonds is 5. The molecular weight excluding hydrogens is 347 g/mol. The number of nitrogens with zero attached hydrogens (tertiary/aromatic N) is 3. The van der Waals surface area contributed by atoms with Crippen LogP contribution in [-0.2, 0) is 11.2 Å². The van der Waals surface area contributed by atoms with E-state index in [1.54, 1.807) is 23.8 Å². The first kappa shape index (κ1) is 16.7. The molecule has 2 aromatic heterocycles. The lowest BCUT2D eigenvalue weighted by molar-refractivity contribution is -0.387. The van der Waals surface area contributed by atoms with Crippen LogP contribution >= 0.6 is 11.3 Å². The zero-order chi connectivity index (χ0) is 17.8. The minimum Gasteiger partial charge on any atom is -0.325 e. The predicted molar refractivity (Wildman–Crippen MR) is 90.7 cm³/mol. The summed E-state index contributed by atoms with van der Waals surface area (Å²) in [5, 5.41) is 15.7. The van der Waals surface area contributed by atoms with Crippen LogP contribution < -0.4 is 5.32 Å². The van der Waals surface area contributed by atoms with Crippen LogP contribution in [0.3, 0.4) is 0 Å². The first-order valence-corrected chi connectivity index (χ1v) is 7.99. The fraction of sp³-hybridized carbons (Fsp3) is 0.0625. The summed E-state index contributed by atoms with van der Waals surface area (Å²) in [4.78, 5) is 30.3. The van der Waals surface area contributed by atoms with E-state index in [0.29, 0.717) is 5.69 Å². The average Bonchev–Trinajstić information content (AvgIpc) is 3.05. The number of nitrogens with one attached hydrogen (secondary N) is 1. The highest BCUT2D eigenvalue weighted by Gasteiger charge is 2.16. The Kier molecular flexibility index (Phi) is 4.75. The van der Waals surface area contributed by atoms with Crippen molar-refractivity contribution in [2.45, 2.75) is 6.42 Å². The molecule has 7 nitrogen and oxygen atoms in total. The van der Waals surface area contributed by atoms with Gasteiger partial charge in [-0.1, -0.05) is 0 Å². The number of carbonyl (C=O) groups excluding carboxylic acids is 1. The van der Waals surface area contributed by atoms with Gasteiger partial charge in [-0.05, 0) is 24.3 Å². The number of hydrogen-bond donors (Lipinski definition) is 1. The Balaban J connectivity index is 1.68. The Morgan fingerprint density at radius 1 is 1.36 bits per heavy atom. The SMILES string of the molecule is O=C(Cc1csc(-c2cccnc2)n1)Nc1ccc(F)c([N+](=O)[O-])c1. The van der Waals surface area contributed by atoms with E-state index in [-0.39, 0.29) is 12.1 Å². The van der Waals surface area contributed by atoms with Crippen molar-refractivity contribution in [3.63, 3.8) is 0 Å². The highest BCUT2D eigenvalue weighted by atomic mass is 32.1. The number of hydrogen-bond acceptors (Lipinski definition) is 6. The van der Waals surface area contributed by atoms with Crippen molar-refractivity contribution < 1.29 is 14.1 Å². The Hall–Kier alpha value is -3.20. The molecule has 3 aromatic rings. The van der Waals surface area contributed by atoms with E-state index in [1.165, 1.54) is 17.4 Å². The van der Waals surface area contributed by atoms with Crippen molar-refractivity contribution >= 4 is 28.6 Å². The van der Waals surface area contributed by atoms with Crippen molar-refractivity contribution in [2.75, 3.05) is 5.32 Å². The molecule has 25 heavy (non-hydrogen) atoms. The van der Waals surface area contributed by atoms with Gasteiger partial charge >= 0.3 is 5.69 Å². The third-order valence-electron chi connectivity index (χ3n) is 3.23. The maximum absolute atomic E-state index is 13.3. The molecule has 0 aliphatic rings. The number of thiazole rings is 1. The number of anilines is 1. The topological polar surface area (TPSA) is 98.0 Å². The standard InChI is InChI=1S/C16H11FN4O3S/c17-13-4-3-11(6-14(13)21(23)24)19-15(22)7-12-9-25-16(20-12)10-2-1-5-18-8-10/h1-6,8-9H,7H2,(H,19,22). The molecule has 1 aromatic carbocycles. The third-order valence-corrected chi connectivity index (χ3v) is 4.17. The summed E-state index contributed by atoms with van der Waals surface area (Å²) >= 11 is 1.39. The van der Waals surface area contributed by atoms with Gasteiger partial charge in [0.15, 0.2) is 0 Å². The summed E-state index contributed by atoms with van der Waals surface area (Å²) in [6.07, 6.45) is 3.34. The molecule has 0 atom stereocenters. The van der Waals surface area contributed by atoms with Crippen LogP contribution in [0.5, 0.6) is 0 Å². The van der Waals surface area contributed by atoms with E-state index >= 15 is 0 Å². The second kappa shape index (κ2) is 7.14. The number of nitro benzene ring substituents is 1. The number of benzene rings is 1. The molecule has 0 spiro atoms. The van der Waals surface area contributed by atoms with Gasteiger partial charge in [-0.2, -0.15) is 4.39 Å². The molecule has 2 heterocycles. The first-order chi connectivity index (χ1) is 12.0. The molecule has 0 saturated carbocycles. The summed E-state index contributed by atoms with van der Waals surface area (Å²) in [7, 11) is 0. The summed E-state index contributed by atoms with van der Waals surface area (Å²) in [6, 6.07) is 6.85. The molecular formula is C16H11FN4O3S. The van der Waals surface area contributed by atoms with Gasteiger partial charge in [-0.3, -0.25) is 19.9 Å². The maximum atomic E-state index is 13.3. The van der Waals surface area contributed by atoms with Crippen molar-refractivity contribution in [3.8, 4) is 10.6 Å². The van der Waals surface area contributed by atoms with E-state index < -0.39 is 22.3 Å². The number of aromatic nitrogens is 2. The first-order valence-electron chi connectivity index (χ1n) is 7.11. The molecule has 1 N–H and O–H groups in total. The number of amides is 1. The highest BCUT2D eigenvalue weighted by Crippen LogP contribution is 2.24. The van der Waals surface area contributed by atoms with E-state index in [9.17, 15) is 19.3 Å². The Labute approximate surface area is 145 Å². The molecule has 0 saturated heterocycles. The molecule has 0 bridgehead atoms. The van der Waals surface area contributed by atoms with Crippen molar-refractivity contribution in [1.82, 2.24) is 9.97 Å². The van der Waals surface area contributed by atoms with Crippen LogP contribution in [0, 0.1) is 15.9 Å². The predicted octanol–water partition coefficient (Wildman–Crippen LogP) is 3.43. The fourth-order valence-electron chi connectivity index (χ4n) is 2.11. The molecule has 0 fully saturated rings. The van der Waals surface area contributed by atoms with Crippen molar-refractivity contribution in [1.29, 1.82) is 0 Å². The molecule has 1 amide bonds. The second-order valence-corrected chi connectivity index (χ2v) is 5.89. The normalized spacial score (nSPS) is 10.4. The molecule has 0 aliphatic heterocycles. The van der Waals surface area contributed by atoms with Crippen LogP contribution in [0.25, 0.3) is 10.6 Å². The summed E-state index contributed by atoms with van der Waals surface area (Å²) in [5.41, 5.74) is 0.886. The van der Waals surface area contributed by atoms with Crippen LogP contribution in [0.1, 0.15) is 5.69 Å². The van der Waals surface area contributed by atoms with Gasteiger partial charge in [0.25, 0.3) is 0 Å². The number of nitro groups is 1. The third kappa shape index (κ3) is 4.01. The largest absolute Gasteiger partial charge is 0.325 e. The average molecular weight is 358 g/mol. The van der Waals surface area contributed by atoms with Gasteiger partial charge in [0, 0.05) is 35.1 Å². The molecule has 126 valence electrons. The zero-order valence-corrected chi connectivity index (χ0v) is 13.5. The molecule has 0 aliphatic carbocycles. The van der Waals surface area contributed by atoms with Gasteiger partial charge < -0.3 is 5.32 Å². The monoisotopic (exact) mass is 358 g/mol.